The number of para-hydroxylation sites is 1. The first-order chi connectivity index (χ1) is 11.8. The van der Waals surface area contributed by atoms with Gasteiger partial charge in [-0.15, -0.1) is 0 Å². The van der Waals surface area contributed by atoms with Crippen molar-refractivity contribution in [3.63, 3.8) is 0 Å². The molecule has 6 nitrogen and oxygen atoms in total. The van der Waals surface area contributed by atoms with Crippen LogP contribution in [0.25, 0.3) is 11.0 Å². The van der Waals surface area contributed by atoms with E-state index in [9.17, 15) is 9.59 Å². The molecule has 6 heteroatoms. The van der Waals surface area contributed by atoms with Crippen LogP contribution in [0.3, 0.4) is 0 Å². The molecule has 0 saturated heterocycles. The summed E-state index contributed by atoms with van der Waals surface area (Å²) < 4.78 is 5.59. The van der Waals surface area contributed by atoms with Gasteiger partial charge < -0.3 is 20.8 Å². The molecule has 0 fully saturated rings. The van der Waals surface area contributed by atoms with E-state index in [4.69, 9.17) is 10.2 Å². The van der Waals surface area contributed by atoms with E-state index in [1.165, 1.54) is 0 Å². The zero-order valence-corrected chi connectivity index (χ0v) is 15.2. The van der Waals surface area contributed by atoms with Crippen molar-refractivity contribution in [1.29, 1.82) is 0 Å². The van der Waals surface area contributed by atoms with E-state index in [0.29, 0.717) is 12.1 Å². The quantitative estimate of drug-likeness (QED) is 0.717. The molecule has 1 heterocycles. The monoisotopic (exact) mass is 345 g/mol. The fourth-order valence-corrected chi connectivity index (χ4v) is 2.42. The molecule has 4 N–H and O–H groups in total. The minimum absolute atomic E-state index is 0.0580. The number of carbonyl (C=O) groups excluding carboxylic acids is 2. The topological polar surface area (TPSA) is 97.4 Å². The number of nitrogens with one attached hydrogen (secondary N) is 2. The van der Waals surface area contributed by atoms with Crippen LogP contribution < -0.4 is 16.4 Å². The summed E-state index contributed by atoms with van der Waals surface area (Å²) in [5.74, 6) is -0.0421. The maximum absolute atomic E-state index is 12.5. The van der Waals surface area contributed by atoms with Gasteiger partial charge >= 0.3 is 0 Å². The standard InChI is InChI=1S/C19H27N3O3/c1-11(2)14(10-21-19(24)17(20)12(3)4)22-18(23)16-9-13-7-5-6-8-15(13)25-16/h5-9,11-12,14,17H,10,20H2,1-4H3,(H,21,24)(H,22,23)/t14-,17+/m1/s1. The van der Waals surface area contributed by atoms with Gasteiger partial charge in [0.05, 0.1) is 6.04 Å². The van der Waals surface area contributed by atoms with Gasteiger partial charge in [-0.2, -0.15) is 0 Å². The van der Waals surface area contributed by atoms with Crippen LogP contribution in [-0.2, 0) is 4.79 Å². The number of benzene rings is 1. The highest BCUT2D eigenvalue weighted by molar-refractivity contribution is 5.96. The highest BCUT2D eigenvalue weighted by Crippen LogP contribution is 2.19. The van der Waals surface area contributed by atoms with Crippen LogP contribution in [0.15, 0.2) is 34.7 Å². The molecule has 1 aromatic heterocycles. The van der Waals surface area contributed by atoms with E-state index in [1.54, 1.807) is 6.07 Å². The Labute approximate surface area is 148 Å². The third-order valence-electron chi connectivity index (χ3n) is 4.29. The van der Waals surface area contributed by atoms with Gasteiger partial charge in [-0.05, 0) is 24.0 Å². The first-order valence-electron chi connectivity index (χ1n) is 8.62. The van der Waals surface area contributed by atoms with Gasteiger partial charge in [0.1, 0.15) is 5.58 Å². The molecule has 2 rings (SSSR count). The van der Waals surface area contributed by atoms with Crippen molar-refractivity contribution in [2.75, 3.05) is 6.54 Å². The third kappa shape index (κ3) is 4.82. The summed E-state index contributed by atoms with van der Waals surface area (Å²) >= 11 is 0. The van der Waals surface area contributed by atoms with Crippen LogP contribution in [-0.4, -0.2) is 30.4 Å². The normalized spacial score (nSPS) is 13.9. The smallest absolute Gasteiger partial charge is 0.287 e. The molecule has 0 spiro atoms. The molecular weight excluding hydrogens is 318 g/mol. The Hall–Kier alpha value is -2.34. The van der Waals surface area contributed by atoms with Crippen molar-refractivity contribution < 1.29 is 14.0 Å². The second-order valence-electron chi connectivity index (χ2n) is 6.99. The van der Waals surface area contributed by atoms with E-state index in [2.05, 4.69) is 10.6 Å². The number of carbonyl (C=O) groups is 2. The number of furan rings is 1. The van der Waals surface area contributed by atoms with Crippen LogP contribution in [0.2, 0.25) is 0 Å². The lowest BCUT2D eigenvalue weighted by Crippen LogP contribution is -2.51. The maximum atomic E-state index is 12.5. The van der Waals surface area contributed by atoms with Crippen molar-refractivity contribution in [2.45, 2.75) is 39.8 Å². The molecule has 0 aliphatic heterocycles. The van der Waals surface area contributed by atoms with Crippen LogP contribution in [0.1, 0.15) is 38.2 Å². The predicted octanol–water partition coefficient (Wildman–Crippen LogP) is 2.29. The fourth-order valence-electron chi connectivity index (χ4n) is 2.42. The first-order valence-corrected chi connectivity index (χ1v) is 8.62. The highest BCUT2D eigenvalue weighted by Gasteiger charge is 2.22. The summed E-state index contributed by atoms with van der Waals surface area (Å²) in [5, 5.41) is 6.63. The number of rotatable bonds is 7. The van der Waals surface area contributed by atoms with Crippen molar-refractivity contribution in [1.82, 2.24) is 10.6 Å². The molecular formula is C19H27N3O3. The second-order valence-corrected chi connectivity index (χ2v) is 6.99. The number of hydrogen-bond acceptors (Lipinski definition) is 4. The molecule has 0 aliphatic carbocycles. The maximum Gasteiger partial charge on any atom is 0.287 e. The Morgan fingerprint density at radius 3 is 2.40 bits per heavy atom. The second kappa shape index (κ2) is 8.16. The van der Waals surface area contributed by atoms with Gasteiger partial charge in [-0.25, -0.2) is 0 Å². The van der Waals surface area contributed by atoms with Crippen molar-refractivity contribution in [2.24, 2.45) is 17.6 Å². The van der Waals surface area contributed by atoms with E-state index >= 15 is 0 Å². The van der Waals surface area contributed by atoms with Crippen LogP contribution in [0.5, 0.6) is 0 Å². The number of nitrogens with two attached hydrogens (primary N) is 1. The van der Waals surface area contributed by atoms with E-state index in [0.717, 1.165) is 5.39 Å². The Balaban J connectivity index is 2.00. The first kappa shape index (κ1) is 19.0. The lowest BCUT2D eigenvalue weighted by molar-refractivity contribution is -0.123. The zero-order valence-electron chi connectivity index (χ0n) is 15.2. The Morgan fingerprint density at radius 2 is 1.80 bits per heavy atom. The van der Waals surface area contributed by atoms with Gasteiger partial charge in [-0.3, -0.25) is 9.59 Å². The van der Waals surface area contributed by atoms with Gasteiger partial charge in [0.15, 0.2) is 5.76 Å². The Bertz CT molecular complexity index is 703. The largest absolute Gasteiger partial charge is 0.451 e. The third-order valence-corrected chi connectivity index (χ3v) is 4.29. The van der Waals surface area contributed by atoms with Gasteiger partial charge in [-0.1, -0.05) is 45.9 Å². The number of amides is 2. The molecule has 136 valence electrons. The van der Waals surface area contributed by atoms with Crippen LogP contribution >= 0.6 is 0 Å². The lowest BCUT2D eigenvalue weighted by Gasteiger charge is -2.24. The number of hydrogen-bond donors (Lipinski definition) is 3. The molecule has 0 bridgehead atoms. The zero-order chi connectivity index (χ0) is 18.6. The van der Waals surface area contributed by atoms with Crippen LogP contribution in [0.4, 0.5) is 0 Å². The Kier molecular flexibility index (Phi) is 6.20. The van der Waals surface area contributed by atoms with Crippen molar-refractivity contribution in [3.05, 3.63) is 36.1 Å². The van der Waals surface area contributed by atoms with Gasteiger partial charge in [0, 0.05) is 18.0 Å². The van der Waals surface area contributed by atoms with Gasteiger partial charge in [0.2, 0.25) is 5.91 Å². The van der Waals surface area contributed by atoms with Crippen LogP contribution in [0, 0.1) is 11.8 Å². The minimum Gasteiger partial charge on any atom is -0.451 e. The average molecular weight is 345 g/mol. The van der Waals surface area contributed by atoms with Crippen molar-refractivity contribution in [3.8, 4) is 0 Å². The SMILES string of the molecule is CC(C)[C@H](N)C(=O)NC[C@@H](NC(=O)c1cc2ccccc2o1)C(C)C. The number of fused-ring (bicyclic) bond motifs is 1. The summed E-state index contributed by atoms with van der Waals surface area (Å²) in [6.07, 6.45) is 0. The van der Waals surface area contributed by atoms with E-state index < -0.39 is 6.04 Å². The minimum atomic E-state index is -0.557. The molecule has 0 radical (unpaired) electrons. The molecule has 0 aliphatic rings. The highest BCUT2D eigenvalue weighted by atomic mass is 16.3. The van der Waals surface area contributed by atoms with E-state index in [-0.39, 0.29) is 35.5 Å². The lowest BCUT2D eigenvalue weighted by atomic mass is 10.0. The molecule has 25 heavy (non-hydrogen) atoms. The summed E-state index contributed by atoms with van der Waals surface area (Å²) in [6.45, 7) is 8.08. The summed E-state index contributed by atoms with van der Waals surface area (Å²) in [5.41, 5.74) is 6.51. The molecule has 0 saturated carbocycles. The predicted molar refractivity (Wildman–Crippen MR) is 98.1 cm³/mol. The molecule has 2 atom stereocenters. The average Bonchev–Trinajstić information content (AvgIpc) is 3.01. The van der Waals surface area contributed by atoms with Gasteiger partial charge in [0.25, 0.3) is 5.91 Å². The molecule has 2 aromatic rings. The summed E-state index contributed by atoms with van der Waals surface area (Å²) in [4.78, 5) is 24.5. The van der Waals surface area contributed by atoms with Crippen molar-refractivity contribution >= 4 is 22.8 Å². The molecule has 2 amide bonds. The summed E-state index contributed by atoms with van der Waals surface area (Å²) in [7, 11) is 0. The van der Waals surface area contributed by atoms with E-state index in [1.807, 2.05) is 52.0 Å². The fraction of sp³-hybridized carbons (Fsp3) is 0.474. The summed E-state index contributed by atoms with van der Waals surface area (Å²) in [6, 6.07) is 8.41. The molecule has 0 unspecified atom stereocenters. The Morgan fingerprint density at radius 1 is 1.12 bits per heavy atom. The molecule has 1 aromatic carbocycles.